The van der Waals surface area contributed by atoms with Crippen molar-refractivity contribution in [2.45, 2.75) is 63.8 Å². The van der Waals surface area contributed by atoms with E-state index in [-0.39, 0.29) is 5.92 Å². The number of hydrogen-bond acceptors (Lipinski definition) is 2. The lowest BCUT2D eigenvalue weighted by Crippen LogP contribution is -2.53. The molecule has 4 bridgehead atoms. The summed E-state index contributed by atoms with van der Waals surface area (Å²) in [6.07, 6.45) is 11.2. The van der Waals surface area contributed by atoms with E-state index in [1.165, 1.54) is 44.9 Å². The molecule has 0 saturated heterocycles. The second-order valence-electron chi connectivity index (χ2n) is 8.02. The number of amides is 1. The minimum Gasteiger partial charge on any atom is -0.326 e. The normalized spacial score (nSPS) is 41.2. The standard InChI is InChI=1S/C18H26N2O/c19-5-6-20(16-3-1-2-4-16)18(21)17-14-8-12-7-13(10-14)11-15(17)9-12/h12-17H,1-4,6-11H2. The molecule has 0 spiro atoms. The Bertz CT molecular complexity index is 432. The zero-order valence-corrected chi connectivity index (χ0v) is 12.8. The molecule has 5 rings (SSSR count). The van der Waals surface area contributed by atoms with Crippen LogP contribution in [0.1, 0.15) is 57.8 Å². The van der Waals surface area contributed by atoms with E-state index in [1.54, 1.807) is 0 Å². The number of nitrogens with zero attached hydrogens (tertiary/aromatic N) is 2. The van der Waals surface area contributed by atoms with Gasteiger partial charge in [0.2, 0.25) is 5.91 Å². The Kier molecular flexibility index (Phi) is 3.44. The lowest BCUT2D eigenvalue weighted by atomic mass is 9.51. The lowest BCUT2D eigenvalue weighted by molar-refractivity contribution is -0.150. The second-order valence-corrected chi connectivity index (χ2v) is 8.02. The molecule has 0 heterocycles. The molecule has 114 valence electrons. The molecule has 3 heteroatoms. The molecule has 0 atom stereocenters. The summed E-state index contributed by atoms with van der Waals surface area (Å²) in [5.74, 6) is 3.69. The molecule has 0 aliphatic heterocycles. The van der Waals surface area contributed by atoms with Crippen LogP contribution in [0.15, 0.2) is 0 Å². The summed E-state index contributed by atoms with van der Waals surface area (Å²) in [6.45, 7) is 0.312. The smallest absolute Gasteiger partial charge is 0.227 e. The van der Waals surface area contributed by atoms with Crippen LogP contribution in [0.2, 0.25) is 0 Å². The molecule has 5 aliphatic carbocycles. The van der Waals surface area contributed by atoms with E-state index in [0.717, 1.165) is 24.7 Å². The Morgan fingerprint density at radius 3 is 2.10 bits per heavy atom. The summed E-state index contributed by atoms with van der Waals surface area (Å²) in [7, 11) is 0. The van der Waals surface area contributed by atoms with Crippen molar-refractivity contribution >= 4 is 5.91 Å². The van der Waals surface area contributed by atoms with Crippen molar-refractivity contribution in [2.24, 2.45) is 29.6 Å². The van der Waals surface area contributed by atoms with Crippen molar-refractivity contribution in [1.29, 1.82) is 5.26 Å². The highest BCUT2D eigenvalue weighted by Gasteiger charge is 2.52. The van der Waals surface area contributed by atoms with Crippen LogP contribution >= 0.6 is 0 Å². The van der Waals surface area contributed by atoms with Gasteiger partial charge in [0.15, 0.2) is 0 Å². The van der Waals surface area contributed by atoms with Gasteiger partial charge in [-0.1, -0.05) is 12.8 Å². The zero-order chi connectivity index (χ0) is 14.4. The zero-order valence-electron chi connectivity index (χ0n) is 12.8. The van der Waals surface area contributed by atoms with Crippen LogP contribution in [0.5, 0.6) is 0 Å². The molecule has 0 aromatic rings. The predicted octanol–water partition coefficient (Wildman–Crippen LogP) is 3.35. The molecule has 5 aliphatic rings. The Morgan fingerprint density at radius 1 is 1.00 bits per heavy atom. The minimum atomic E-state index is 0.256. The van der Waals surface area contributed by atoms with Crippen LogP contribution in [0.3, 0.4) is 0 Å². The number of rotatable bonds is 3. The van der Waals surface area contributed by atoms with Gasteiger partial charge in [0, 0.05) is 12.0 Å². The third kappa shape index (κ3) is 2.28. The highest BCUT2D eigenvalue weighted by atomic mass is 16.2. The number of carbonyl (C=O) groups is 1. The van der Waals surface area contributed by atoms with Crippen LogP contribution < -0.4 is 0 Å². The van der Waals surface area contributed by atoms with Crippen molar-refractivity contribution in [3.8, 4) is 6.07 Å². The number of hydrogen-bond donors (Lipinski definition) is 0. The summed E-state index contributed by atoms with van der Waals surface area (Å²) in [5.41, 5.74) is 0. The first-order valence-electron chi connectivity index (χ1n) is 8.93. The fourth-order valence-electron chi connectivity index (χ4n) is 6.20. The van der Waals surface area contributed by atoms with Gasteiger partial charge >= 0.3 is 0 Å². The summed E-state index contributed by atoms with van der Waals surface area (Å²) >= 11 is 0. The van der Waals surface area contributed by atoms with Gasteiger partial charge in [0.05, 0.1) is 6.07 Å². The number of carbonyl (C=O) groups excluding carboxylic acids is 1. The maximum Gasteiger partial charge on any atom is 0.227 e. The van der Waals surface area contributed by atoms with Crippen molar-refractivity contribution in [1.82, 2.24) is 4.90 Å². The molecule has 0 unspecified atom stereocenters. The van der Waals surface area contributed by atoms with E-state index < -0.39 is 0 Å². The summed E-state index contributed by atoms with van der Waals surface area (Å²) in [4.78, 5) is 15.2. The molecule has 0 N–H and O–H groups in total. The van der Waals surface area contributed by atoms with Crippen molar-refractivity contribution in [3.05, 3.63) is 0 Å². The molecule has 0 aromatic heterocycles. The van der Waals surface area contributed by atoms with Gasteiger partial charge in [0.25, 0.3) is 0 Å². The molecule has 3 nitrogen and oxygen atoms in total. The lowest BCUT2D eigenvalue weighted by Gasteiger charge is -2.54. The highest BCUT2D eigenvalue weighted by molar-refractivity contribution is 5.80. The Balaban J connectivity index is 1.54. The Labute approximate surface area is 127 Å². The van der Waals surface area contributed by atoms with E-state index in [9.17, 15) is 4.79 Å². The fraction of sp³-hybridized carbons (Fsp3) is 0.889. The SMILES string of the molecule is N#CCN(C(=O)C1C2CC3CC(C2)CC1C3)C1CCCC1. The first-order chi connectivity index (χ1) is 10.3. The van der Waals surface area contributed by atoms with Crippen LogP contribution in [0.25, 0.3) is 0 Å². The molecular weight excluding hydrogens is 260 g/mol. The van der Waals surface area contributed by atoms with Gasteiger partial charge in [-0.2, -0.15) is 5.26 Å². The average Bonchev–Trinajstić information content (AvgIpc) is 2.97. The average molecular weight is 286 g/mol. The third-order valence-electron chi connectivity index (χ3n) is 6.80. The molecule has 5 saturated carbocycles. The molecule has 1 amide bonds. The highest BCUT2D eigenvalue weighted by Crippen LogP contribution is 2.57. The van der Waals surface area contributed by atoms with Gasteiger partial charge < -0.3 is 4.90 Å². The van der Waals surface area contributed by atoms with E-state index >= 15 is 0 Å². The van der Waals surface area contributed by atoms with Gasteiger partial charge in [-0.3, -0.25) is 4.79 Å². The largest absolute Gasteiger partial charge is 0.326 e. The van der Waals surface area contributed by atoms with Crippen LogP contribution in [-0.2, 0) is 4.79 Å². The van der Waals surface area contributed by atoms with Gasteiger partial charge in [0.1, 0.15) is 6.54 Å². The predicted molar refractivity (Wildman–Crippen MR) is 80.1 cm³/mol. The Morgan fingerprint density at radius 2 is 1.57 bits per heavy atom. The van der Waals surface area contributed by atoms with E-state index in [2.05, 4.69) is 6.07 Å². The monoisotopic (exact) mass is 286 g/mol. The van der Waals surface area contributed by atoms with Crippen molar-refractivity contribution in [2.75, 3.05) is 6.54 Å². The van der Waals surface area contributed by atoms with Crippen LogP contribution in [0, 0.1) is 40.9 Å². The van der Waals surface area contributed by atoms with Crippen LogP contribution in [0.4, 0.5) is 0 Å². The topological polar surface area (TPSA) is 44.1 Å². The first kappa shape index (κ1) is 13.6. The maximum atomic E-state index is 13.2. The number of nitriles is 1. The summed E-state index contributed by atoms with van der Waals surface area (Å²) in [5, 5.41) is 9.15. The quantitative estimate of drug-likeness (QED) is 0.747. The first-order valence-corrected chi connectivity index (χ1v) is 8.93. The molecule has 0 aromatic carbocycles. The van der Waals surface area contributed by atoms with Gasteiger partial charge in [-0.15, -0.1) is 0 Å². The molecule has 0 radical (unpaired) electrons. The van der Waals surface area contributed by atoms with E-state index in [4.69, 9.17) is 5.26 Å². The van der Waals surface area contributed by atoms with Gasteiger partial charge in [-0.05, 0) is 68.6 Å². The van der Waals surface area contributed by atoms with E-state index in [1.807, 2.05) is 4.90 Å². The molecule has 5 fully saturated rings. The van der Waals surface area contributed by atoms with E-state index in [0.29, 0.717) is 30.3 Å². The summed E-state index contributed by atoms with van der Waals surface area (Å²) in [6, 6.07) is 2.61. The Hall–Kier alpha value is -1.04. The molecular formula is C18H26N2O. The minimum absolute atomic E-state index is 0.256. The third-order valence-corrected chi connectivity index (χ3v) is 6.80. The van der Waals surface area contributed by atoms with Crippen molar-refractivity contribution in [3.63, 3.8) is 0 Å². The van der Waals surface area contributed by atoms with Crippen molar-refractivity contribution < 1.29 is 4.79 Å². The van der Waals surface area contributed by atoms with Gasteiger partial charge in [-0.25, -0.2) is 0 Å². The summed E-state index contributed by atoms with van der Waals surface area (Å²) < 4.78 is 0. The second kappa shape index (κ2) is 5.30. The van der Waals surface area contributed by atoms with Crippen LogP contribution in [-0.4, -0.2) is 23.4 Å². The molecule has 21 heavy (non-hydrogen) atoms. The maximum absolute atomic E-state index is 13.2. The fourth-order valence-corrected chi connectivity index (χ4v) is 6.20.